The van der Waals surface area contributed by atoms with Gasteiger partial charge in [-0.3, -0.25) is 9.59 Å². The van der Waals surface area contributed by atoms with E-state index in [4.69, 9.17) is 0 Å². The predicted molar refractivity (Wildman–Crippen MR) is 97.0 cm³/mol. The van der Waals surface area contributed by atoms with E-state index in [1.165, 1.54) is 6.92 Å². The van der Waals surface area contributed by atoms with Gasteiger partial charge in [-0.05, 0) is 33.3 Å². The van der Waals surface area contributed by atoms with Crippen molar-refractivity contribution in [1.82, 2.24) is 15.3 Å². The van der Waals surface area contributed by atoms with Gasteiger partial charge in [0.2, 0.25) is 0 Å². The molecule has 130 valence electrons. The average molecular weight is 347 g/mol. The van der Waals surface area contributed by atoms with Crippen LogP contribution in [-0.4, -0.2) is 21.7 Å². The molecule has 0 fully saturated rings. The highest BCUT2D eigenvalue weighted by molar-refractivity contribution is 7.09. The Balaban J connectivity index is 2.19. The number of aromatic amines is 1. The molecule has 1 atom stereocenters. The maximum Gasteiger partial charge on any atom is 0.268 e. The number of thiazole rings is 1. The zero-order valence-corrected chi connectivity index (χ0v) is 16.1. The first kappa shape index (κ1) is 18.4. The van der Waals surface area contributed by atoms with Crippen LogP contribution < -0.4 is 5.32 Å². The van der Waals surface area contributed by atoms with Crippen molar-refractivity contribution in [2.24, 2.45) is 0 Å². The van der Waals surface area contributed by atoms with Crippen LogP contribution in [0.1, 0.15) is 83.5 Å². The number of ketones is 1. The van der Waals surface area contributed by atoms with Gasteiger partial charge >= 0.3 is 0 Å². The van der Waals surface area contributed by atoms with E-state index in [1.807, 2.05) is 12.3 Å². The van der Waals surface area contributed by atoms with Gasteiger partial charge in [-0.1, -0.05) is 20.8 Å². The third kappa shape index (κ3) is 3.59. The van der Waals surface area contributed by atoms with Crippen molar-refractivity contribution in [2.75, 3.05) is 0 Å². The molecule has 0 aliphatic rings. The molecule has 0 saturated heterocycles. The highest BCUT2D eigenvalue weighted by atomic mass is 32.1. The van der Waals surface area contributed by atoms with Gasteiger partial charge in [-0.2, -0.15) is 0 Å². The van der Waals surface area contributed by atoms with Crippen LogP contribution in [0, 0.1) is 13.8 Å². The number of hydrogen-bond donors (Lipinski definition) is 2. The number of carbonyl (C=O) groups is 2. The number of H-pyrrole nitrogens is 1. The SMILES string of the molecule is CC(=O)c1c(C)[nH]c(C(=O)N[C@@H](C)c2nc(C(C)(C)C)cs2)c1C. The van der Waals surface area contributed by atoms with Gasteiger partial charge in [0.25, 0.3) is 5.91 Å². The number of nitrogens with zero attached hydrogens (tertiary/aromatic N) is 1. The van der Waals surface area contributed by atoms with Gasteiger partial charge in [0, 0.05) is 22.1 Å². The summed E-state index contributed by atoms with van der Waals surface area (Å²) in [5.74, 6) is -0.258. The van der Waals surface area contributed by atoms with Crippen LogP contribution in [0.25, 0.3) is 0 Å². The number of Topliss-reactive ketones (excluding diaryl/α,β-unsaturated/α-hetero) is 1. The minimum atomic E-state index is -0.219. The molecule has 2 N–H and O–H groups in total. The van der Waals surface area contributed by atoms with E-state index in [9.17, 15) is 9.59 Å². The van der Waals surface area contributed by atoms with Crippen molar-refractivity contribution in [1.29, 1.82) is 0 Å². The number of rotatable bonds is 4. The largest absolute Gasteiger partial charge is 0.354 e. The first-order valence-corrected chi connectivity index (χ1v) is 8.87. The lowest BCUT2D eigenvalue weighted by Crippen LogP contribution is -2.27. The molecular weight excluding hydrogens is 322 g/mol. The van der Waals surface area contributed by atoms with Crippen molar-refractivity contribution < 1.29 is 9.59 Å². The molecule has 6 heteroatoms. The Kier molecular flexibility index (Phi) is 4.99. The molecule has 0 aromatic carbocycles. The molecule has 0 aliphatic heterocycles. The van der Waals surface area contributed by atoms with Gasteiger partial charge in [-0.25, -0.2) is 4.98 Å². The summed E-state index contributed by atoms with van der Waals surface area (Å²) >= 11 is 1.55. The number of hydrogen-bond acceptors (Lipinski definition) is 4. The van der Waals surface area contributed by atoms with Gasteiger partial charge in [0.15, 0.2) is 5.78 Å². The summed E-state index contributed by atoms with van der Waals surface area (Å²) in [6, 6.07) is -0.192. The fraction of sp³-hybridized carbons (Fsp3) is 0.500. The minimum absolute atomic E-state index is 0.0119. The molecule has 2 aromatic rings. The fourth-order valence-corrected chi connectivity index (χ4v) is 3.72. The quantitative estimate of drug-likeness (QED) is 0.818. The third-order valence-corrected chi connectivity index (χ3v) is 5.05. The van der Waals surface area contributed by atoms with E-state index in [2.05, 4.69) is 36.1 Å². The van der Waals surface area contributed by atoms with Crippen LogP contribution in [0.15, 0.2) is 5.38 Å². The zero-order valence-electron chi connectivity index (χ0n) is 15.3. The summed E-state index contributed by atoms with van der Waals surface area (Å²) in [5.41, 5.74) is 3.46. The fourth-order valence-electron chi connectivity index (χ4n) is 2.67. The summed E-state index contributed by atoms with van der Waals surface area (Å²) in [4.78, 5) is 31.9. The maximum atomic E-state index is 12.6. The molecule has 0 aliphatic carbocycles. The van der Waals surface area contributed by atoms with Crippen LogP contribution in [0.2, 0.25) is 0 Å². The normalized spacial score (nSPS) is 13.0. The summed E-state index contributed by atoms with van der Waals surface area (Å²) in [5, 5.41) is 5.88. The van der Waals surface area contributed by atoms with E-state index < -0.39 is 0 Å². The molecule has 0 spiro atoms. The Morgan fingerprint density at radius 1 is 1.29 bits per heavy atom. The molecule has 0 unspecified atom stereocenters. The van der Waals surface area contributed by atoms with E-state index in [0.717, 1.165) is 16.4 Å². The van der Waals surface area contributed by atoms with Crippen LogP contribution in [0.5, 0.6) is 0 Å². The Labute approximate surface area is 146 Å². The molecule has 1 amide bonds. The first-order valence-electron chi connectivity index (χ1n) is 7.99. The Morgan fingerprint density at radius 3 is 2.38 bits per heavy atom. The highest BCUT2D eigenvalue weighted by Crippen LogP contribution is 2.27. The van der Waals surface area contributed by atoms with E-state index in [0.29, 0.717) is 16.8 Å². The summed E-state index contributed by atoms with van der Waals surface area (Å²) in [6.45, 7) is 13.4. The Hall–Kier alpha value is -1.95. The standard InChI is InChI=1S/C18H25N3O2S/c1-9-14(12(4)22)10(2)19-15(9)16(23)20-11(3)17-21-13(8-24-17)18(5,6)7/h8,11,19H,1-7H3,(H,20,23)/t11-/m0/s1. The first-order chi connectivity index (χ1) is 11.0. The monoisotopic (exact) mass is 347 g/mol. The van der Waals surface area contributed by atoms with Gasteiger partial charge in [-0.15, -0.1) is 11.3 Å². The van der Waals surface area contributed by atoms with Crippen LogP contribution in [-0.2, 0) is 5.41 Å². The predicted octanol–water partition coefficient (Wildman–Crippen LogP) is 4.08. The average Bonchev–Trinajstić information content (AvgIpc) is 3.03. The summed E-state index contributed by atoms with van der Waals surface area (Å²) < 4.78 is 0. The second kappa shape index (κ2) is 6.51. The molecule has 0 bridgehead atoms. The second-order valence-electron chi connectivity index (χ2n) is 7.20. The van der Waals surface area contributed by atoms with Gasteiger partial charge in [0.05, 0.1) is 11.7 Å². The lowest BCUT2D eigenvalue weighted by Gasteiger charge is -2.15. The van der Waals surface area contributed by atoms with Crippen LogP contribution in [0.3, 0.4) is 0 Å². The summed E-state index contributed by atoms with van der Waals surface area (Å²) in [6.07, 6.45) is 0. The summed E-state index contributed by atoms with van der Waals surface area (Å²) in [7, 11) is 0. The molecule has 24 heavy (non-hydrogen) atoms. The smallest absolute Gasteiger partial charge is 0.268 e. The van der Waals surface area contributed by atoms with Gasteiger partial charge in [0.1, 0.15) is 10.7 Å². The Morgan fingerprint density at radius 2 is 1.92 bits per heavy atom. The van der Waals surface area contributed by atoms with Crippen molar-refractivity contribution in [3.63, 3.8) is 0 Å². The van der Waals surface area contributed by atoms with Crippen molar-refractivity contribution in [3.05, 3.63) is 38.6 Å². The highest BCUT2D eigenvalue weighted by Gasteiger charge is 2.23. The molecule has 2 aromatic heterocycles. The maximum absolute atomic E-state index is 12.6. The van der Waals surface area contributed by atoms with Gasteiger partial charge < -0.3 is 10.3 Å². The number of aryl methyl sites for hydroxylation is 1. The van der Waals surface area contributed by atoms with Crippen LogP contribution in [0.4, 0.5) is 0 Å². The lowest BCUT2D eigenvalue weighted by atomic mass is 9.93. The topological polar surface area (TPSA) is 74.8 Å². The number of aromatic nitrogens is 2. The molecule has 2 heterocycles. The number of amides is 1. The lowest BCUT2D eigenvalue weighted by molar-refractivity contribution is 0.0934. The molecule has 5 nitrogen and oxygen atoms in total. The molecule has 0 radical (unpaired) electrons. The number of carbonyl (C=O) groups excluding carboxylic acids is 2. The molecule has 2 rings (SSSR count). The van der Waals surface area contributed by atoms with E-state index in [-0.39, 0.29) is 23.1 Å². The van der Waals surface area contributed by atoms with E-state index in [1.54, 1.807) is 25.2 Å². The molecule has 0 saturated carbocycles. The third-order valence-electron chi connectivity index (χ3n) is 4.03. The van der Waals surface area contributed by atoms with E-state index >= 15 is 0 Å². The Bertz CT molecular complexity index is 781. The van der Waals surface area contributed by atoms with Crippen molar-refractivity contribution in [2.45, 2.75) is 59.9 Å². The zero-order chi connectivity index (χ0) is 18.2. The van der Waals surface area contributed by atoms with Crippen molar-refractivity contribution in [3.8, 4) is 0 Å². The second-order valence-corrected chi connectivity index (χ2v) is 8.09. The number of nitrogens with one attached hydrogen (secondary N) is 2. The molecular formula is C18H25N3O2S. The van der Waals surface area contributed by atoms with Crippen LogP contribution >= 0.6 is 11.3 Å². The minimum Gasteiger partial charge on any atom is -0.354 e. The van der Waals surface area contributed by atoms with Crippen molar-refractivity contribution >= 4 is 23.0 Å².